The van der Waals surface area contributed by atoms with E-state index in [2.05, 4.69) is 5.32 Å². The number of nitrogens with one attached hydrogen (secondary N) is 1. The van der Waals surface area contributed by atoms with E-state index in [1.54, 1.807) is 18.9 Å². The number of hydrogen-bond donors (Lipinski definition) is 1. The molecule has 0 radical (unpaired) electrons. The van der Waals surface area contributed by atoms with Crippen LogP contribution in [0.5, 0.6) is 11.5 Å². The Kier molecular flexibility index (Phi) is 7.93. The molecule has 1 aromatic carbocycles. The third-order valence-electron chi connectivity index (χ3n) is 5.57. The number of nitrogens with zero attached hydrogens (tertiary/aromatic N) is 1. The minimum atomic E-state index is -0.427. The molecule has 1 fully saturated rings. The predicted octanol–water partition coefficient (Wildman–Crippen LogP) is 1.85. The van der Waals surface area contributed by atoms with Crippen molar-refractivity contribution < 1.29 is 28.5 Å². The van der Waals surface area contributed by atoms with Gasteiger partial charge in [0.1, 0.15) is 13.2 Å². The molecule has 1 saturated carbocycles. The first kappa shape index (κ1) is 22.4. The highest BCUT2D eigenvalue weighted by Crippen LogP contribution is 2.42. The topological polar surface area (TPSA) is 86.3 Å². The van der Waals surface area contributed by atoms with E-state index in [1.165, 1.54) is 0 Å². The van der Waals surface area contributed by atoms with Gasteiger partial charge in [-0.1, -0.05) is 18.9 Å². The van der Waals surface area contributed by atoms with Gasteiger partial charge in [0.25, 0.3) is 0 Å². The van der Waals surface area contributed by atoms with Gasteiger partial charge in [-0.25, -0.2) is 0 Å². The summed E-state index contributed by atoms with van der Waals surface area (Å²) >= 11 is 0. The Morgan fingerprint density at radius 2 is 1.87 bits per heavy atom. The van der Waals surface area contributed by atoms with Crippen molar-refractivity contribution in [2.75, 3.05) is 53.2 Å². The van der Waals surface area contributed by atoms with Crippen LogP contribution in [0.25, 0.3) is 0 Å². The molecule has 1 aliphatic carbocycles. The van der Waals surface area contributed by atoms with Gasteiger partial charge in [-0.3, -0.25) is 14.5 Å². The summed E-state index contributed by atoms with van der Waals surface area (Å²) in [6.45, 7) is 4.22. The highest BCUT2D eigenvalue weighted by atomic mass is 16.6. The molecule has 166 valence electrons. The zero-order valence-corrected chi connectivity index (χ0v) is 17.9. The summed E-state index contributed by atoms with van der Waals surface area (Å²) in [4.78, 5) is 26.6. The minimum absolute atomic E-state index is 0.0572. The number of hydrogen-bond acceptors (Lipinski definition) is 7. The Labute approximate surface area is 177 Å². The number of methoxy groups -OCH3 is 1. The highest BCUT2D eigenvalue weighted by molar-refractivity contribution is 5.80. The molecule has 8 nitrogen and oxygen atoms in total. The van der Waals surface area contributed by atoms with Gasteiger partial charge in [0, 0.05) is 13.7 Å². The highest BCUT2D eigenvalue weighted by Gasteiger charge is 2.38. The van der Waals surface area contributed by atoms with Gasteiger partial charge in [-0.05, 0) is 37.5 Å². The Morgan fingerprint density at radius 3 is 2.57 bits per heavy atom. The van der Waals surface area contributed by atoms with Gasteiger partial charge in [0.05, 0.1) is 31.8 Å². The molecular weight excluding hydrogens is 388 g/mol. The van der Waals surface area contributed by atoms with Gasteiger partial charge in [0.15, 0.2) is 11.5 Å². The van der Waals surface area contributed by atoms with E-state index in [9.17, 15) is 9.59 Å². The van der Waals surface area contributed by atoms with Crippen LogP contribution in [0.1, 0.15) is 38.2 Å². The molecule has 3 rings (SSSR count). The van der Waals surface area contributed by atoms with E-state index in [0.717, 1.165) is 42.7 Å². The minimum Gasteiger partial charge on any atom is -0.486 e. The lowest BCUT2D eigenvalue weighted by Gasteiger charge is -2.33. The quantitative estimate of drug-likeness (QED) is 0.578. The molecule has 0 saturated heterocycles. The van der Waals surface area contributed by atoms with E-state index < -0.39 is 5.54 Å². The average molecular weight is 421 g/mol. The molecule has 0 spiro atoms. The van der Waals surface area contributed by atoms with Crippen molar-refractivity contribution >= 4 is 11.9 Å². The maximum Gasteiger partial charge on any atom is 0.320 e. The fourth-order valence-electron chi connectivity index (χ4n) is 4.14. The number of benzene rings is 1. The fourth-order valence-corrected chi connectivity index (χ4v) is 4.14. The van der Waals surface area contributed by atoms with Crippen LogP contribution in [0, 0.1) is 0 Å². The molecule has 0 aromatic heterocycles. The van der Waals surface area contributed by atoms with E-state index in [-0.39, 0.29) is 25.0 Å². The first-order chi connectivity index (χ1) is 14.6. The molecule has 1 amide bonds. The number of ether oxygens (including phenoxy) is 4. The number of esters is 1. The van der Waals surface area contributed by atoms with E-state index >= 15 is 0 Å². The second-order valence-electron chi connectivity index (χ2n) is 7.70. The van der Waals surface area contributed by atoms with Gasteiger partial charge >= 0.3 is 5.97 Å². The summed E-state index contributed by atoms with van der Waals surface area (Å²) in [5.41, 5.74) is 0.607. The lowest BCUT2D eigenvalue weighted by atomic mass is 9.87. The van der Waals surface area contributed by atoms with Gasteiger partial charge < -0.3 is 24.3 Å². The van der Waals surface area contributed by atoms with E-state index in [1.807, 2.05) is 18.2 Å². The number of fused-ring (bicyclic) bond motifs is 1. The molecule has 0 atom stereocenters. The average Bonchev–Trinajstić information content (AvgIpc) is 3.21. The largest absolute Gasteiger partial charge is 0.486 e. The molecule has 1 heterocycles. The maximum atomic E-state index is 13.0. The summed E-state index contributed by atoms with van der Waals surface area (Å²) in [5.74, 6) is 1.00. The van der Waals surface area contributed by atoms with Crippen molar-refractivity contribution in [2.24, 2.45) is 0 Å². The predicted molar refractivity (Wildman–Crippen MR) is 111 cm³/mol. The van der Waals surface area contributed by atoms with Crippen molar-refractivity contribution in [3.05, 3.63) is 23.8 Å². The summed E-state index contributed by atoms with van der Waals surface area (Å²) in [6, 6.07) is 5.92. The zero-order valence-electron chi connectivity index (χ0n) is 17.9. The van der Waals surface area contributed by atoms with Crippen LogP contribution in [0.2, 0.25) is 0 Å². The van der Waals surface area contributed by atoms with E-state index in [0.29, 0.717) is 33.0 Å². The van der Waals surface area contributed by atoms with Crippen LogP contribution in [0.15, 0.2) is 18.2 Å². The molecule has 1 aromatic rings. The Hall–Kier alpha value is -2.32. The molecule has 2 aliphatic rings. The van der Waals surface area contributed by atoms with Crippen molar-refractivity contribution in [1.82, 2.24) is 10.2 Å². The number of carbonyl (C=O) groups excluding carboxylic acids is 2. The number of amides is 1. The molecule has 8 heteroatoms. The molecular formula is C22H32N2O6. The van der Waals surface area contributed by atoms with Gasteiger partial charge in [-0.15, -0.1) is 0 Å². The van der Waals surface area contributed by atoms with Gasteiger partial charge in [-0.2, -0.15) is 0 Å². The molecule has 0 bridgehead atoms. The zero-order chi connectivity index (χ0) is 21.4. The molecule has 30 heavy (non-hydrogen) atoms. The van der Waals surface area contributed by atoms with Crippen LogP contribution in [0.3, 0.4) is 0 Å². The normalized spacial score (nSPS) is 17.0. The molecule has 0 unspecified atom stereocenters. The lowest BCUT2D eigenvalue weighted by molar-refractivity contribution is -0.144. The summed E-state index contributed by atoms with van der Waals surface area (Å²) in [6.07, 6.45) is 3.83. The number of carbonyl (C=O) groups is 2. The maximum absolute atomic E-state index is 13.0. The van der Waals surface area contributed by atoms with Crippen LogP contribution in [0.4, 0.5) is 0 Å². The molecule has 1 aliphatic heterocycles. The molecule has 1 N–H and O–H groups in total. The first-order valence-electron chi connectivity index (χ1n) is 10.6. The Morgan fingerprint density at radius 1 is 1.13 bits per heavy atom. The van der Waals surface area contributed by atoms with Crippen LogP contribution in [-0.2, 0) is 24.6 Å². The Balaban J connectivity index is 1.70. The smallest absolute Gasteiger partial charge is 0.320 e. The van der Waals surface area contributed by atoms with E-state index in [4.69, 9.17) is 18.9 Å². The third kappa shape index (κ3) is 5.64. The SMILES string of the molecule is CCOC(=O)CN(CCOC)CC(=O)NC1(c2ccc3c(c2)OCCO3)CCCC1. The summed E-state index contributed by atoms with van der Waals surface area (Å²) < 4.78 is 21.5. The van der Waals surface area contributed by atoms with Crippen molar-refractivity contribution in [3.8, 4) is 11.5 Å². The number of rotatable bonds is 10. The fraction of sp³-hybridized carbons (Fsp3) is 0.636. The second kappa shape index (κ2) is 10.6. The third-order valence-corrected chi connectivity index (χ3v) is 5.57. The monoisotopic (exact) mass is 420 g/mol. The standard InChI is InChI=1S/C22H32N2O6/c1-3-28-21(26)16-24(10-11-27-2)15-20(25)23-22(8-4-5-9-22)17-6-7-18-19(14-17)30-13-12-29-18/h6-7,14H,3-5,8-13,15-16H2,1-2H3,(H,23,25). The van der Waals surface area contributed by atoms with Gasteiger partial charge in [0.2, 0.25) is 5.91 Å². The van der Waals surface area contributed by atoms with Crippen molar-refractivity contribution in [3.63, 3.8) is 0 Å². The summed E-state index contributed by atoms with van der Waals surface area (Å²) in [7, 11) is 1.60. The summed E-state index contributed by atoms with van der Waals surface area (Å²) in [5, 5.41) is 3.26. The second-order valence-corrected chi connectivity index (χ2v) is 7.70. The van der Waals surface area contributed by atoms with Crippen molar-refractivity contribution in [1.29, 1.82) is 0 Å². The van der Waals surface area contributed by atoms with Crippen LogP contribution >= 0.6 is 0 Å². The lowest BCUT2D eigenvalue weighted by Crippen LogP contribution is -2.49. The van der Waals surface area contributed by atoms with Crippen molar-refractivity contribution in [2.45, 2.75) is 38.1 Å². The van der Waals surface area contributed by atoms with Crippen LogP contribution < -0.4 is 14.8 Å². The first-order valence-corrected chi connectivity index (χ1v) is 10.6. The Bertz CT molecular complexity index is 732. The van der Waals surface area contributed by atoms with Crippen LogP contribution in [-0.4, -0.2) is 69.9 Å².